The van der Waals surface area contributed by atoms with E-state index in [4.69, 9.17) is 0 Å². The Morgan fingerprint density at radius 2 is 2.17 bits per heavy atom. The van der Waals surface area contributed by atoms with Gasteiger partial charge in [0.15, 0.2) is 4.96 Å². The minimum Gasteiger partial charge on any atom is -0.346 e. The normalized spacial score (nSPS) is 11.0. The van der Waals surface area contributed by atoms with Gasteiger partial charge in [0, 0.05) is 36.7 Å². The number of benzene rings is 1. The molecule has 7 heteroatoms. The highest BCUT2D eigenvalue weighted by molar-refractivity contribution is 7.15. The zero-order valence-corrected chi connectivity index (χ0v) is 13.8. The van der Waals surface area contributed by atoms with Crippen molar-refractivity contribution < 1.29 is 4.79 Å². The Labute approximate surface area is 142 Å². The monoisotopic (exact) mass is 337 g/mol. The number of para-hydroxylation sites is 1. The van der Waals surface area contributed by atoms with Crippen LogP contribution in [0, 0.1) is 6.92 Å². The molecule has 1 aromatic carbocycles. The highest BCUT2D eigenvalue weighted by Gasteiger charge is 2.12. The van der Waals surface area contributed by atoms with Gasteiger partial charge in [-0.05, 0) is 18.6 Å². The lowest BCUT2D eigenvalue weighted by molar-refractivity contribution is 0.0946. The predicted molar refractivity (Wildman–Crippen MR) is 92.5 cm³/mol. The van der Waals surface area contributed by atoms with E-state index in [1.165, 1.54) is 11.3 Å². The van der Waals surface area contributed by atoms with Gasteiger partial charge in [0.25, 0.3) is 5.91 Å². The van der Waals surface area contributed by atoms with Gasteiger partial charge < -0.3 is 9.88 Å². The van der Waals surface area contributed by atoms with Crippen LogP contribution in [0.2, 0.25) is 0 Å². The van der Waals surface area contributed by atoms with Gasteiger partial charge in [-0.3, -0.25) is 9.20 Å². The zero-order valence-electron chi connectivity index (χ0n) is 13.0. The first kappa shape index (κ1) is 14.6. The van der Waals surface area contributed by atoms with Gasteiger partial charge in [-0.2, -0.15) is 0 Å². The smallest absolute Gasteiger partial charge is 0.271 e. The number of fused-ring (bicyclic) bond motifs is 1. The van der Waals surface area contributed by atoms with Crippen molar-refractivity contribution in [2.24, 2.45) is 0 Å². The molecule has 0 aliphatic carbocycles. The van der Waals surface area contributed by atoms with Gasteiger partial charge in [0.05, 0.1) is 5.69 Å². The van der Waals surface area contributed by atoms with E-state index in [1.54, 1.807) is 12.4 Å². The van der Waals surface area contributed by atoms with Gasteiger partial charge in [-0.1, -0.05) is 18.2 Å². The number of carbonyl (C=O) groups is 1. The van der Waals surface area contributed by atoms with Gasteiger partial charge in [-0.25, -0.2) is 9.97 Å². The molecule has 0 spiro atoms. The summed E-state index contributed by atoms with van der Waals surface area (Å²) in [7, 11) is 0. The molecule has 0 fully saturated rings. The van der Waals surface area contributed by atoms with Crippen LogP contribution in [0.1, 0.15) is 21.9 Å². The first-order chi connectivity index (χ1) is 11.7. The average molecular weight is 337 g/mol. The fourth-order valence-corrected chi connectivity index (χ4v) is 3.33. The van der Waals surface area contributed by atoms with Gasteiger partial charge in [0.2, 0.25) is 0 Å². The van der Waals surface area contributed by atoms with E-state index in [2.05, 4.69) is 15.3 Å². The number of nitrogens with one attached hydrogen (secondary N) is 1. The Hall–Kier alpha value is -2.93. The van der Waals surface area contributed by atoms with Crippen LogP contribution in [-0.4, -0.2) is 24.8 Å². The van der Waals surface area contributed by atoms with Crippen molar-refractivity contribution in [2.45, 2.75) is 13.5 Å². The molecule has 4 aromatic rings. The quantitative estimate of drug-likeness (QED) is 0.623. The van der Waals surface area contributed by atoms with Crippen LogP contribution in [0.4, 0.5) is 0 Å². The lowest BCUT2D eigenvalue weighted by Gasteiger charge is -2.12. The molecule has 120 valence electrons. The summed E-state index contributed by atoms with van der Waals surface area (Å²) in [5.74, 6) is 0.728. The van der Waals surface area contributed by atoms with Crippen molar-refractivity contribution in [1.29, 1.82) is 0 Å². The van der Waals surface area contributed by atoms with Crippen molar-refractivity contribution >= 4 is 22.2 Å². The van der Waals surface area contributed by atoms with Crippen LogP contribution in [0.25, 0.3) is 10.6 Å². The maximum Gasteiger partial charge on any atom is 0.271 e. The number of hydrogen-bond acceptors (Lipinski definition) is 4. The van der Waals surface area contributed by atoms with Crippen molar-refractivity contribution in [1.82, 2.24) is 24.3 Å². The third kappa shape index (κ3) is 2.59. The minimum atomic E-state index is -0.178. The number of amides is 1. The van der Waals surface area contributed by atoms with E-state index in [1.807, 2.05) is 57.9 Å². The average Bonchev–Trinajstić information content (AvgIpc) is 3.28. The lowest BCUT2D eigenvalue weighted by atomic mass is 10.1. The molecule has 4 rings (SSSR count). The Bertz CT molecular complexity index is 984. The fourth-order valence-electron chi connectivity index (χ4n) is 2.63. The summed E-state index contributed by atoms with van der Waals surface area (Å²) >= 11 is 1.50. The number of carbonyl (C=O) groups excluding carboxylic acids is 1. The van der Waals surface area contributed by atoms with Gasteiger partial charge >= 0.3 is 0 Å². The van der Waals surface area contributed by atoms with Crippen LogP contribution in [0.5, 0.6) is 0 Å². The summed E-state index contributed by atoms with van der Waals surface area (Å²) in [5.41, 5.74) is 2.46. The molecular formula is C17H15N5OS. The Morgan fingerprint density at radius 1 is 1.29 bits per heavy atom. The van der Waals surface area contributed by atoms with E-state index >= 15 is 0 Å². The number of aromatic nitrogens is 4. The molecule has 0 atom stereocenters. The highest BCUT2D eigenvalue weighted by atomic mass is 32.1. The van der Waals surface area contributed by atoms with Crippen LogP contribution in [-0.2, 0) is 6.54 Å². The van der Waals surface area contributed by atoms with E-state index in [0.717, 1.165) is 22.0 Å². The molecule has 0 saturated carbocycles. The van der Waals surface area contributed by atoms with Crippen LogP contribution in [0.3, 0.4) is 0 Å². The molecule has 6 nitrogen and oxygen atoms in total. The van der Waals surface area contributed by atoms with Gasteiger partial charge in [-0.15, -0.1) is 11.3 Å². The molecule has 3 heterocycles. The molecular weight excluding hydrogens is 322 g/mol. The highest BCUT2D eigenvalue weighted by Crippen LogP contribution is 2.16. The molecule has 0 aliphatic rings. The van der Waals surface area contributed by atoms with Crippen LogP contribution < -0.4 is 5.32 Å². The number of thiazole rings is 1. The van der Waals surface area contributed by atoms with Crippen molar-refractivity contribution in [3.05, 3.63) is 71.5 Å². The molecule has 1 N–H and O–H groups in total. The SMILES string of the molecule is Cc1nccn1-c1ccccc1CNC(=O)c1cn2ccsc2n1. The molecule has 0 unspecified atom stereocenters. The third-order valence-electron chi connectivity index (χ3n) is 3.84. The number of nitrogens with zero attached hydrogens (tertiary/aromatic N) is 4. The second-order valence-electron chi connectivity index (χ2n) is 5.37. The van der Waals surface area contributed by atoms with Crippen molar-refractivity contribution in [3.63, 3.8) is 0 Å². The second kappa shape index (κ2) is 5.93. The Balaban J connectivity index is 1.55. The maximum atomic E-state index is 12.3. The summed E-state index contributed by atoms with van der Waals surface area (Å²) in [6.45, 7) is 2.38. The Morgan fingerprint density at radius 3 is 2.96 bits per heavy atom. The molecule has 24 heavy (non-hydrogen) atoms. The molecule has 0 radical (unpaired) electrons. The third-order valence-corrected chi connectivity index (χ3v) is 4.61. The van der Waals surface area contributed by atoms with Crippen molar-refractivity contribution in [2.75, 3.05) is 0 Å². The lowest BCUT2D eigenvalue weighted by Crippen LogP contribution is -2.23. The van der Waals surface area contributed by atoms with E-state index < -0.39 is 0 Å². The zero-order chi connectivity index (χ0) is 16.5. The second-order valence-corrected chi connectivity index (χ2v) is 6.25. The molecule has 0 bridgehead atoms. The van der Waals surface area contributed by atoms with Crippen LogP contribution in [0.15, 0.2) is 54.4 Å². The topological polar surface area (TPSA) is 64.2 Å². The molecule has 0 saturated heterocycles. The van der Waals surface area contributed by atoms with E-state index in [0.29, 0.717) is 12.2 Å². The van der Waals surface area contributed by atoms with Crippen molar-refractivity contribution in [3.8, 4) is 5.69 Å². The number of hydrogen-bond donors (Lipinski definition) is 1. The molecule has 1 amide bonds. The number of rotatable bonds is 4. The minimum absolute atomic E-state index is 0.178. The summed E-state index contributed by atoms with van der Waals surface area (Å²) in [5, 5.41) is 4.88. The first-order valence-corrected chi connectivity index (χ1v) is 8.39. The van der Waals surface area contributed by atoms with E-state index in [-0.39, 0.29) is 5.91 Å². The summed E-state index contributed by atoms with van der Waals surface area (Å²) in [6, 6.07) is 7.96. The largest absolute Gasteiger partial charge is 0.346 e. The summed E-state index contributed by atoms with van der Waals surface area (Å²) < 4.78 is 3.86. The summed E-state index contributed by atoms with van der Waals surface area (Å²) in [6.07, 6.45) is 7.32. The first-order valence-electron chi connectivity index (χ1n) is 7.51. The Kier molecular flexibility index (Phi) is 3.62. The maximum absolute atomic E-state index is 12.3. The molecule has 0 aliphatic heterocycles. The van der Waals surface area contributed by atoms with Gasteiger partial charge in [0.1, 0.15) is 11.5 Å². The predicted octanol–water partition coefficient (Wildman–Crippen LogP) is 2.82. The van der Waals surface area contributed by atoms with Crippen LogP contribution >= 0.6 is 11.3 Å². The standard InChI is InChI=1S/C17H15N5OS/c1-12-18-6-7-22(12)15-5-3-2-4-13(15)10-19-16(23)14-11-21-8-9-24-17(21)20-14/h2-9,11H,10H2,1H3,(H,19,23). The molecule has 3 aromatic heterocycles. The van der Waals surface area contributed by atoms with E-state index in [9.17, 15) is 4.79 Å². The fraction of sp³-hybridized carbons (Fsp3) is 0.118. The number of imidazole rings is 2. The summed E-state index contributed by atoms with van der Waals surface area (Å²) in [4.78, 5) is 21.7. The number of aryl methyl sites for hydroxylation is 1.